The average Bonchev–Trinajstić information content (AvgIpc) is 2.58. The summed E-state index contributed by atoms with van der Waals surface area (Å²) in [6, 6.07) is 7.26. The van der Waals surface area contributed by atoms with Crippen molar-refractivity contribution < 1.29 is 19.1 Å². The Balaban J connectivity index is 1.85. The predicted octanol–water partition coefficient (Wildman–Crippen LogP) is 2.94. The molecule has 0 radical (unpaired) electrons. The highest BCUT2D eigenvalue weighted by Gasteiger charge is 2.31. The molecule has 2 amide bonds. The molecule has 0 aromatic heterocycles. The lowest BCUT2D eigenvalue weighted by atomic mass is 9.97. The Kier molecular flexibility index (Phi) is 6.40. The van der Waals surface area contributed by atoms with Crippen LogP contribution in [0.3, 0.4) is 0 Å². The van der Waals surface area contributed by atoms with Crippen molar-refractivity contribution in [3.05, 3.63) is 35.4 Å². The van der Waals surface area contributed by atoms with Gasteiger partial charge in [0.05, 0.1) is 12.5 Å². The Morgan fingerprint density at radius 2 is 1.85 bits per heavy atom. The molecule has 1 atom stereocenters. The Morgan fingerprint density at radius 1 is 1.19 bits per heavy atom. The molecule has 1 aromatic carbocycles. The summed E-state index contributed by atoms with van der Waals surface area (Å²) in [5.74, 6) is -0.640. The quantitative estimate of drug-likeness (QED) is 0.838. The second-order valence-corrected chi connectivity index (χ2v) is 7.77. The molecule has 0 saturated carbocycles. The molecule has 6 nitrogen and oxygen atoms in total. The Morgan fingerprint density at radius 3 is 2.46 bits per heavy atom. The molecule has 1 heterocycles. The van der Waals surface area contributed by atoms with Crippen molar-refractivity contribution in [1.29, 1.82) is 0 Å². The maximum Gasteiger partial charge on any atom is 0.410 e. The minimum absolute atomic E-state index is 0.0369. The van der Waals surface area contributed by atoms with Crippen LogP contribution in [0, 0.1) is 12.8 Å². The van der Waals surface area contributed by atoms with Crippen LogP contribution in [-0.4, -0.2) is 47.9 Å². The number of piperidine rings is 1. The normalized spacial score (nSPS) is 17.5. The van der Waals surface area contributed by atoms with E-state index in [2.05, 4.69) is 5.32 Å². The summed E-state index contributed by atoms with van der Waals surface area (Å²) >= 11 is 0. The Bertz CT molecular complexity index is 661. The average molecular weight is 360 g/mol. The van der Waals surface area contributed by atoms with Gasteiger partial charge in [0.15, 0.2) is 5.78 Å². The number of ketones is 1. The first-order valence-corrected chi connectivity index (χ1v) is 9.01. The number of Topliss-reactive ketones (excluding diaryl/α,β-unsaturated/α-hetero) is 1. The second-order valence-electron chi connectivity index (χ2n) is 7.77. The van der Waals surface area contributed by atoms with Gasteiger partial charge in [-0.2, -0.15) is 0 Å². The fourth-order valence-corrected chi connectivity index (χ4v) is 2.84. The molecular weight excluding hydrogens is 332 g/mol. The highest BCUT2D eigenvalue weighted by molar-refractivity contribution is 5.99. The molecule has 0 bridgehead atoms. The summed E-state index contributed by atoms with van der Waals surface area (Å²) in [5.41, 5.74) is 1.09. The Hall–Kier alpha value is -2.37. The predicted molar refractivity (Wildman–Crippen MR) is 99.1 cm³/mol. The van der Waals surface area contributed by atoms with Crippen molar-refractivity contribution in [1.82, 2.24) is 10.2 Å². The molecule has 1 aliphatic heterocycles. The van der Waals surface area contributed by atoms with Gasteiger partial charge in [-0.1, -0.05) is 29.8 Å². The van der Waals surface area contributed by atoms with Crippen molar-refractivity contribution in [2.45, 2.75) is 46.1 Å². The standard InChI is InChI=1S/C20H28N2O4/c1-14-7-9-15(10-8-14)17(23)12-21-18(24)16-6-5-11-22(13-16)19(25)26-20(2,3)4/h7-10,16H,5-6,11-13H2,1-4H3,(H,21,24). The molecule has 6 heteroatoms. The smallest absolute Gasteiger partial charge is 0.410 e. The van der Waals surface area contributed by atoms with Crippen molar-refractivity contribution in [2.24, 2.45) is 5.92 Å². The number of benzene rings is 1. The van der Waals surface area contributed by atoms with Crippen molar-refractivity contribution in [2.75, 3.05) is 19.6 Å². The number of ether oxygens (including phenoxy) is 1. The van der Waals surface area contributed by atoms with Crippen LogP contribution >= 0.6 is 0 Å². The molecular formula is C20H28N2O4. The topological polar surface area (TPSA) is 75.7 Å². The van der Waals surface area contributed by atoms with E-state index in [-0.39, 0.29) is 24.2 Å². The van der Waals surface area contributed by atoms with Crippen molar-refractivity contribution in [3.63, 3.8) is 0 Å². The first-order valence-electron chi connectivity index (χ1n) is 9.01. The number of nitrogens with zero attached hydrogens (tertiary/aromatic N) is 1. The summed E-state index contributed by atoms with van der Waals surface area (Å²) in [6.45, 7) is 8.27. The van der Waals surface area contributed by atoms with Crippen molar-refractivity contribution >= 4 is 17.8 Å². The zero-order valence-corrected chi connectivity index (χ0v) is 16.0. The molecule has 1 aromatic rings. The van der Waals surface area contributed by atoms with Crippen molar-refractivity contribution in [3.8, 4) is 0 Å². The van der Waals surface area contributed by atoms with Crippen LogP contribution in [0.2, 0.25) is 0 Å². The van der Waals surface area contributed by atoms with E-state index in [9.17, 15) is 14.4 Å². The van der Waals surface area contributed by atoms with Gasteiger partial charge in [0.1, 0.15) is 5.60 Å². The summed E-state index contributed by atoms with van der Waals surface area (Å²) in [7, 11) is 0. The number of amides is 2. The molecule has 0 aliphatic carbocycles. The molecule has 1 saturated heterocycles. The SMILES string of the molecule is Cc1ccc(C(=O)CNC(=O)C2CCCN(C(=O)OC(C)(C)C)C2)cc1. The fraction of sp³-hybridized carbons (Fsp3) is 0.550. The number of rotatable bonds is 4. The van der Waals surface area contributed by atoms with Gasteiger partial charge in [-0.05, 0) is 40.5 Å². The molecule has 1 aliphatic rings. The highest BCUT2D eigenvalue weighted by Crippen LogP contribution is 2.19. The van der Waals surface area contributed by atoms with Gasteiger partial charge in [0, 0.05) is 18.7 Å². The van der Waals surface area contributed by atoms with Crippen LogP contribution in [0.5, 0.6) is 0 Å². The van der Waals surface area contributed by atoms with Gasteiger partial charge in [0.25, 0.3) is 0 Å². The van der Waals surface area contributed by atoms with Crippen LogP contribution in [0.4, 0.5) is 4.79 Å². The third-order valence-electron chi connectivity index (χ3n) is 4.24. The van der Waals surface area contributed by atoms with E-state index in [1.165, 1.54) is 0 Å². The van der Waals surface area contributed by atoms with Gasteiger partial charge in [-0.3, -0.25) is 9.59 Å². The number of carbonyl (C=O) groups excluding carboxylic acids is 3. The number of hydrogen-bond donors (Lipinski definition) is 1. The Labute approximate surface area is 154 Å². The number of likely N-dealkylation sites (tertiary alicyclic amines) is 1. The minimum atomic E-state index is -0.563. The largest absolute Gasteiger partial charge is 0.444 e. The second kappa shape index (κ2) is 8.34. The minimum Gasteiger partial charge on any atom is -0.444 e. The van der Waals surface area contributed by atoms with E-state index in [0.717, 1.165) is 12.0 Å². The van der Waals surface area contributed by atoms with Gasteiger partial charge in [0.2, 0.25) is 5.91 Å². The van der Waals surface area contributed by atoms with Crippen LogP contribution in [0.15, 0.2) is 24.3 Å². The van der Waals surface area contributed by atoms with E-state index >= 15 is 0 Å². The van der Waals surface area contributed by atoms with E-state index in [1.807, 2.05) is 39.8 Å². The lowest BCUT2D eigenvalue weighted by molar-refractivity contribution is -0.126. The summed E-state index contributed by atoms with van der Waals surface area (Å²) in [4.78, 5) is 38.3. The van der Waals surface area contributed by atoms with E-state index in [1.54, 1.807) is 17.0 Å². The molecule has 1 fully saturated rings. The lowest BCUT2D eigenvalue weighted by Crippen LogP contribution is -2.47. The van der Waals surface area contributed by atoms with Crippen LogP contribution in [0.1, 0.15) is 49.5 Å². The molecule has 26 heavy (non-hydrogen) atoms. The van der Waals surface area contributed by atoms with E-state index < -0.39 is 11.7 Å². The van der Waals surface area contributed by atoms with E-state index in [4.69, 9.17) is 4.74 Å². The van der Waals surface area contributed by atoms with E-state index in [0.29, 0.717) is 25.1 Å². The summed E-state index contributed by atoms with van der Waals surface area (Å²) in [5, 5.41) is 2.71. The van der Waals surface area contributed by atoms with Crippen LogP contribution in [-0.2, 0) is 9.53 Å². The van der Waals surface area contributed by atoms with Crippen LogP contribution < -0.4 is 5.32 Å². The maximum absolute atomic E-state index is 12.4. The zero-order chi connectivity index (χ0) is 19.3. The third-order valence-corrected chi connectivity index (χ3v) is 4.24. The molecule has 0 spiro atoms. The third kappa shape index (κ3) is 5.86. The van der Waals surface area contributed by atoms with Crippen LogP contribution in [0.25, 0.3) is 0 Å². The first kappa shape index (κ1) is 19.9. The number of aryl methyl sites for hydroxylation is 1. The summed E-state index contributed by atoms with van der Waals surface area (Å²) in [6.07, 6.45) is 1.04. The van der Waals surface area contributed by atoms with Gasteiger partial charge >= 0.3 is 6.09 Å². The highest BCUT2D eigenvalue weighted by atomic mass is 16.6. The number of hydrogen-bond acceptors (Lipinski definition) is 4. The molecule has 142 valence electrons. The molecule has 1 unspecified atom stereocenters. The zero-order valence-electron chi connectivity index (χ0n) is 16.0. The fourth-order valence-electron chi connectivity index (χ4n) is 2.84. The monoisotopic (exact) mass is 360 g/mol. The lowest BCUT2D eigenvalue weighted by Gasteiger charge is -2.33. The first-order chi connectivity index (χ1) is 12.2. The number of nitrogens with one attached hydrogen (secondary N) is 1. The maximum atomic E-state index is 12.4. The number of carbonyl (C=O) groups is 3. The summed E-state index contributed by atoms with van der Waals surface area (Å²) < 4.78 is 5.37. The van der Waals surface area contributed by atoms with Gasteiger partial charge < -0.3 is 15.0 Å². The molecule has 2 rings (SSSR count). The van der Waals surface area contributed by atoms with Gasteiger partial charge in [-0.25, -0.2) is 4.79 Å². The molecule has 1 N–H and O–H groups in total. The van der Waals surface area contributed by atoms with Gasteiger partial charge in [-0.15, -0.1) is 0 Å².